The lowest BCUT2D eigenvalue weighted by atomic mass is 10.2. The van der Waals surface area contributed by atoms with Crippen LogP contribution in [0.25, 0.3) is 10.9 Å². The number of nitrogens with one attached hydrogen (secondary N) is 1. The summed E-state index contributed by atoms with van der Waals surface area (Å²) in [7, 11) is 0. The van der Waals surface area contributed by atoms with E-state index in [9.17, 15) is 14.9 Å². The van der Waals surface area contributed by atoms with Crippen LogP contribution < -0.4 is 10.3 Å². The van der Waals surface area contributed by atoms with Crippen molar-refractivity contribution in [2.75, 3.05) is 39.5 Å². The van der Waals surface area contributed by atoms with E-state index in [2.05, 4.69) is 14.9 Å². The van der Waals surface area contributed by atoms with Crippen LogP contribution in [-0.4, -0.2) is 59.2 Å². The van der Waals surface area contributed by atoms with E-state index >= 15 is 0 Å². The van der Waals surface area contributed by atoms with Gasteiger partial charge in [0.15, 0.2) is 5.75 Å². The zero-order valence-electron chi connectivity index (χ0n) is 13.1. The van der Waals surface area contributed by atoms with Crippen molar-refractivity contribution in [2.24, 2.45) is 0 Å². The van der Waals surface area contributed by atoms with Crippen LogP contribution in [0, 0.1) is 10.1 Å². The molecule has 0 bridgehead atoms. The Bertz CT molecular complexity index is 785. The lowest BCUT2D eigenvalue weighted by Gasteiger charge is -2.26. The van der Waals surface area contributed by atoms with Gasteiger partial charge in [0.2, 0.25) is 0 Å². The second-order valence-electron chi connectivity index (χ2n) is 5.48. The maximum absolute atomic E-state index is 11.7. The van der Waals surface area contributed by atoms with Gasteiger partial charge < -0.3 is 14.5 Å². The molecule has 0 saturated carbocycles. The maximum Gasteiger partial charge on any atom is 0.311 e. The molecule has 1 saturated heterocycles. The first-order valence-corrected chi connectivity index (χ1v) is 7.74. The molecule has 128 valence electrons. The van der Waals surface area contributed by atoms with Crippen LogP contribution in [0.3, 0.4) is 0 Å². The van der Waals surface area contributed by atoms with E-state index in [-0.39, 0.29) is 16.8 Å². The summed E-state index contributed by atoms with van der Waals surface area (Å²) >= 11 is 0. The summed E-state index contributed by atoms with van der Waals surface area (Å²) in [5.41, 5.74) is -0.276. The fourth-order valence-electron chi connectivity index (χ4n) is 2.64. The number of benzene rings is 1. The number of H-pyrrole nitrogens is 1. The van der Waals surface area contributed by atoms with E-state index in [4.69, 9.17) is 9.47 Å². The Balaban J connectivity index is 1.69. The van der Waals surface area contributed by atoms with E-state index in [1.165, 1.54) is 18.5 Å². The molecule has 1 aromatic carbocycles. The van der Waals surface area contributed by atoms with Crippen molar-refractivity contribution in [1.82, 2.24) is 14.9 Å². The molecule has 3 rings (SSSR count). The van der Waals surface area contributed by atoms with Crippen LogP contribution in [0.15, 0.2) is 23.3 Å². The standard InChI is InChI=1S/C15H18N4O5/c20-15-11-8-13(19(21)22)14(9-12(11)16-10-17-15)24-5-1-2-18-3-6-23-7-4-18/h8-10H,1-7H2,(H,16,17,20). The lowest BCUT2D eigenvalue weighted by molar-refractivity contribution is -0.385. The highest BCUT2D eigenvalue weighted by Gasteiger charge is 2.18. The molecule has 1 fully saturated rings. The first-order chi connectivity index (χ1) is 11.6. The lowest BCUT2D eigenvalue weighted by Crippen LogP contribution is -2.37. The molecule has 0 aliphatic carbocycles. The van der Waals surface area contributed by atoms with Crippen LogP contribution in [0.2, 0.25) is 0 Å². The molecule has 0 spiro atoms. The molecule has 1 N–H and O–H groups in total. The SMILES string of the molecule is O=c1[nH]cnc2cc(OCCCN3CCOCC3)c([N+](=O)[O-])cc12. The van der Waals surface area contributed by atoms with Crippen LogP contribution >= 0.6 is 0 Å². The zero-order chi connectivity index (χ0) is 16.9. The van der Waals surface area contributed by atoms with Crippen LogP contribution in [0.5, 0.6) is 5.75 Å². The molecule has 1 aliphatic heterocycles. The third-order valence-corrected chi connectivity index (χ3v) is 3.90. The van der Waals surface area contributed by atoms with Gasteiger partial charge in [0.1, 0.15) is 0 Å². The normalized spacial score (nSPS) is 15.5. The number of ether oxygens (including phenoxy) is 2. The summed E-state index contributed by atoms with van der Waals surface area (Å²) in [6.45, 7) is 4.45. The molecule has 24 heavy (non-hydrogen) atoms. The van der Waals surface area contributed by atoms with Crippen molar-refractivity contribution >= 4 is 16.6 Å². The number of fused-ring (bicyclic) bond motifs is 1. The second kappa shape index (κ2) is 7.37. The van der Waals surface area contributed by atoms with E-state index in [0.717, 1.165) is 39.3 Å². The first kappa shape index (κ1) is 16.3. The summed E-state index contributed by atoms with van der Waals surface area (Å²) in [4.78, 5) is 31.1. The molecule has 2 heterocycles. The summed E-state index contributed by atoms with van der Waals surface area (Å²) < 4.78 is 10.9. The van der Waals surface area contributed by atoms with Gasteiger partial charge in [0, 0.05) is 31.8 Å². The minimum absolute atomic E-state index is 0.132. The number of nitro groups is 1. The van der Waals surface area contributed by atoms with E-state index in [1.54, 1.807) is 0 Å². The van der Waals surface area contributed by atoms with Gasteiger partial charge in [-0.1, -0.05) is 0 Å². The van der Waals surface area contributed by atoms with E-state index in [0.29, 0.717) is 12.1 Å². The molecule has 9 heteroatoms. The summed E-state index contributed by atoms with van der Waals surface area (Å²) in [5, 5.41) is 11.4. The van der Waals surface area contributed by atoms with Crippen molar-refractivity contribution in [3.8, 4) is 5.75 Å². The smallest absolute Gasteiger partial charge is 0.311 e. The van der Waals surface area contributed by atoms with Crippen molar-refractivity contribution in [3.05, 3.63) is 38.9 Å². The molecule has 2 aromatic rings. The molecule has 1 aromatic heterocycles. The van der Waals surface area contributed by atoms with Gasteiger partial charge in [0.25, 0.3) is 5.56 Å². The van der Waals surface area contributed by atoms with Crippen LogP contribution in [0.1, 0.15) is 6.42 Å². The van der Waals surface area contributed by atoms with Gasteiger partial charge in [-0.3, -0.25) is 19.8 Å². The van der Waals surface area contributed by atoms with Crippen molar-refractivity contribution < 1.29 is 14.4 Å². The van der Waals surface area contributed by atoms with Gasteiger partial charge in [-0.25, -0.2) is 4.98 Å². The van der Waals surface area contributed by atoms with Gasteiger partial charge in [-0.2, -0.15) is 0 Å². The monoisotopic (exact) mass is 334 g/mol. The number of aromatic nitrogens is 2. The summed E-state index contributed by atoms with van der Waals surface area (Å²) in [6.07, 6.45) is 2.01. The predicted octanol–water partition coefficient (Wildman–Crippen LogP) is 0.932. The number of rotatable bonds is 6. The Morgan fingerprint density at radius 3 is 2.92 bits per heavy atom. The Morgan fingerprint density at radius 1 is 1.38 bits per heavy atom. The average Bonchev–Trinajstić information content (AvgIpc) is 2.59. The Kier molecular flexibility index (Phi) is 5.02. The zero-order valence-corrected chi connectivity index (χ0v) is 13.1. The minimum Gasteiger partial charge on any atom is -0.487 e. The number of aromatic amines is 1. The van der Waals surface area contributed by atoms with Gasteiger partial charge >= 0.3 is 5.69 Å². The number of hydrogen-bond acceptors (Lipinski definition) is 7. The molecule has 9 nitrogen and oxygen atoms in total. The largest absolute Gasteiger partial charge is 0.487 e. The maximum atomic E-state index is 11.7. The Morgan fingerprint density at radius 2 is 2.17 bits per heavy atom. The topological polar surface area (TPSA) is 111 Å². The first-order valence-electron chi connectivity index (χ1n) is 7.74. The molecular weight excluding hydrogens is 316 g/mol. The number of nitrogens with zero attached hydrogens (tertiary/aromatic N) is 3. The van der Waals surface area contributed by atoms with Crippen molar-refractivity contribution in [1.29, 1.82) is 0 Å². The summed E-state index contributed by atoms with van der Waals surface area (Å²) in [6, 6.07) is 2.65. The number of hydrogen-bond donors (Lipinski definition) is 1. The quantitative estimate of drug-likeness (QED) is 0.475. The highest BCUT2D eigenvalue weighted by atomic mass is 16.6. The number of morpholine rings is 1. The molecule has 0 radical (unpaired) electrons. The number of nitro benzene ring substituents is 1. The third-order valence-electron chi connectivity index (χ3n) is 3.90. The van der Waals surface area contributed by atoms with Crippen molar-refractivity contribution in [3.63, 3.8) is 0 Å². The predicted molar refractivity (Wildman–Crippen MR) is 86.4 cm³/mol. The highest BCUT2D eigenvalue weighted by molar-refractivity contribution is 5.82. The fraction of sp³-hybridized carbons (Fsp3) is 0.467. The van der Waals surface area contributed by atoms with E-state index < -0.39 is 10.5 Å². The Labute approximate surface area is 137 Å². The van der Waals surface area contributed by atoms with Crippen LogP contribution in [0.4, 0.5) is 5.69 Å². The van der Waals surface area contributed by atoms with Gasteiger partial charge in [-0.05, 0) is 6.42 Å². The minimum atomic E-state index is -0.552. The average molecular weight is 334 g/mol. The third kappa shape index (κ3) is 3.69. The molecular formula is C15H18N4O5. The fourth-order valence-corrected chi connectivity index (χ4v) is 2.64. The Hall–Kier alpha value is -2.52. The highest BCUT2D eigenvalue weighted by Crippen LogP contribution is 2.30. The molecule has 0 amide bonds. The van der Waals surface area contributed by atoms with Gasteiger partial charge in [0.05, 0.1) is 42.0 Å². The molecule has 0 atom stereocenters. The molecule has 1 aliphatic rings. The second-order valence-corrected chi connectivity index (χ2v) is 5.48. The van der Waals surface area contributed by atoms with Crippen LogP contribution in [-0.2, 0) is 4.74 Å². The van der Waals surface area contributed by atoms with Gasteiger partial charge in [-0.15, -0.1) is 0 Å². The van der Waals surface area contributed by atoms with E-state index in [1.807, 2.05) is 0 Å². The molecule has 0 unspecified atom stereocenters. The summed E-state index contributed by atoms with van der Waals surface area (Å²) in [5.74, 6) is 0.132. The van der Waals surface area contributed by atoms with Crippen molar-refractivity contribution in [2.45, 2.75) is 6.42 Å².